The number of benzene rings is 1. The Morgan fingerprint density at radius 1 is 1.18 bits per heavy atom. The molecule has 3 rings (SSSR count). The van der Waals surface area contributed by atoms with E-state index >= 15 is 0 Å². The summed E-state index contributed by atoms with van der Waals surface area (Å²) in [6.45, 7) is 2.00. The van der Waals surface area contributed by atoms with Crippen molar-refractivity contribution >= 4 is 39.7 Å². The van der Waals surface area contributed by atoms with Crippen LogP contribution in [-0.2, 0) is 25.2 Å². The minimum atomic E-state index is 0. The Morgan fingerprint density at radius 3 is 2.50 bits per heavy atom. The number of hydrogen-bond acceptors (Lipinski definition) is 2. The second kappa shape index (κ2) is 8.17. The van der Waals surface area contributed by atoms with Crippen LogP contribution in [0.1, 0.15) is 17.7 Å². The Kier molecular flexibility index (Phi) is 7.43. The smallest absolute Gasteiger partial charge is 1.00 e. The molecule has 113 valence electrons. The van der Waals surface area contributed by atoms with E-state index in [0.717, 1.165) is 53.7 Å². The van der Waals surface area contributed by atoms with Crippen LogP contribution < -0.4 is 27.6 Å². The first-order valence-electron chi connectivity index (χ1n) is 6.11. The summed E-state index contributed by atoms with van der Waals surface area (Å²) < 4.78 is 5.44. The molecule has 0 radical (unpaired) electrons. The monoisotopic (exact) mass is 450 g/mol. The largest absolute Gasteiger partial charge is 1.00 e. The van der Waals surface area contributed by atoms with Crippen molar-refractivity contribution in [1.82, 2.24) is 4.98 Å². The average Bonchev–Trinajstić information content (AvgIpc) is 2.92. The van der Waals surface area contributed by atoms with E-state index in [1.165, 1.54) is 5.57 Å². The van der Waals surface area contributed by atoms with Crippen molar-refractivity contribution in [3.63, 3.8) is 0 Å². The summed E-state index contributed by atoms with van der Waals surface area (Å²) in [4.78, 5) is 4.66. The summed E-state index contributed by atoms with van der Waals surface area (Å²) in [5.41, 5.74) is 4.07. The maximum atomic E-state index is 6.31. The van der Waals surface area contributed by atoms with Gasteiger partial charge in [0.15, 0.2) is 0 Å². The number of nitrogens with zero attached hydrogens (tertiary/aromatic N) is 1. The molecule has 0 unspecified atom stereocenters. The summed E-state index contributed by atoms with van der Waals surface area (Å²) in [7, 11) is 0. The van der Waals surface area contributed by atoms with Crippen molar-refractivity contribution < 1.29 is 52.8 Å². The minimum absolute atomic E-state index is 0. The molecule has 0 N–H and O–H groups in total. The molecule has 0 spiro atoms. The number of pyridine rings is 1. The second-order valence-corrected chi connectivity index (χ2v) is 5.93. The summed E-state index contributed by atoms with van der Waals surface area (Å²) in [5.74, 6) is 0.609. The van der Waals surface area contributed by atoms with Crippen molar-refractivity contribution in [3.8, 4) is 5.75 Å². The summed E-state index contributed by atoms with van der Waals surface area (Å²) >= 11 is 13.4. The first kappa shape index (κ1) is 20.0. The number of aryl methyl sites for hydroxylation is 1. The van der Waals surface area contributed by atoms with Gasteiger partial charge in [0.1, 0.15) is 0 Å². The van der Waals surface area contributed by atoms with Crippen molar-refractivity contribution in [3.05, 3.63) is 51.7 Å². The van der Waals surface area contributed by atoms with Gasteiger partial charge in [-0.3, -0.25) is 0 Å². The van der Waals surface area contributed by atoms with Gasteiger partial charge in [0.2, 0.25) is 0 Å². The summed E-state index contributed by atoms with van der Waals surface area (Å²) in [6, 6.07) is 3.79. The van der Waals surface area contributed by atoms with Crippen LogP contribution in [0.15, 0.2) is 30.4 Å². The molecular weight excluding hydrogens is 443 g/mol. The van der Waals surface area contributed by atoms with Crippen LogP contribution in [0.2, 0.25) is 10.0 Å². The molecule has 1 aromatic heterocycles. The Balaban J connectivity index is 0.00000121. The molecule has 0 amide bonds. The van der Waals surface area contributed by atoms with Gasteiger partial charge in [-0.05, 0) is 0 Å². The van der Waals surface area contributed by atoms with Crippen LogP contribution in [0.4, 0.5) is 0 Å². The fraction of sp³-hybridized carbons (Fsp3) is 0.133. The first-order chi connectivity index (χ1) is 9.61. The zero-order valence-electron chi connectivity index (χ0n) is 11.5. The van der Waals surface area contributed by atoms with Gasteiger partial charge in [0, 0.05) is 0 Å². The molecule has 0 fully saturated rings. The van der Waals surface area contributed by atoms with E-state index in [2.05, 4.69) is 29.3 Å². The van der Waals surface area contributed by atoms with Crippen molar-refractivity contribution in [2.24, 2.45) is 0 Å². The number of hydrogen-bond donors (Lipinski definition) is 0. The molecule has 1 aliphatic carbocycles. The van der Waals surface area contributed by atoms with Crippen LogP contribution >= 0.6 is 23.2 Å². The van der Waals surface area contributed by atoms with E-state index in [4.69, 9.17) is 26.0 Å². The Labute approximate surface area is 167 Å². The molecule has 0 bridgehead atoms. The van der Waals surface area contributed by atoms with Crippen molar-refractivity contribution in [2.75, 3.05) is 0 Å². The molecule has 1 aromatic carbocycles. The summed E-state index contributed by atoms with van der Waals surface area (Å²) in [5, 5.41) is 1.98. The van der Waals surface area contributed by atoms with Crippen molar-refractivity contribution in [1.29, 1.82) is 0 Å². The van der Waals surface area contributed by atoms with E-state index < -0.39 is 0 Å². The van der Waals surface area contributed by atoms with Gasteiger partial charge in [0.25, 0.3) is 0 Å². The third-order valence-electron chi connectivity index (χ3n) is 3.38. The molecule has 1 aliphatic rings. The topological polar surface area (TPSA) is 22.1 Å². The standard InChI is InChI=1S/C15H11Cl2NO.2ClH.Zr/c1-8-10(9-4-2-3-5-9)6-11-12(16)7-13(17)15(19)14(11)18-8;;;/h2-4,6-7,19H,5H2,1H3;2*1H;/q;;;+3/p-3. The Bertz CT molecular complexity index is 774. The number of allylic oxidation sites excluding steroid dienone is 4. The zero-order chi connectivity index (χ0) is 14.3. The maximum Gasteiger partial charge on any atom is -1.00 e. The maximum absolute atomic E-state index is 6.31. The van der Waals surface area contributed by atoms with Crippen LogP contribution in [0.25, 0.3) is 16.5 Å². The predicted molar refractivity (Wildman–Crippen MR) is 78.9 cm³/mol. The third-order valence-corrected chi connectivity index (χ3v) is 4.47. The van der Waals surface area contributed by atoms with E-state index in [1.54, 1.807) is 6.07 Å². The second-order valence-electron chi connectivity index (χ2n) is 4.61. The number of aromatic nitrogens is 1. The molecule has 0 atom stereocenters. The van der Waals surface area contributed by atoms with Gasteiger partial charge in [-0.25, -0.2) is 0 Å². The van der Waals surface area contributed by atoms with E-state index in [0.29, 0.717) is 15.8 Å². The van der Waals surface area contributed by atoms with E-state index in [9.17, 15) is 0 Å². The van der Waals surface area contributed by atoms with Crippen LogP contribution in [0.3, 0.4) is 0 Å². The average molecular weight is 453 g/mol. The Hall–Kier alpha value is -0.0469. The SMILES string of the molecule is Cc1nc2c([O][Zr+2])c(Cl)cc(Cl)c2cc1C1=CC=CC1.[Cl-].[Cl-]. The van der Waals surface area contributed by atoms with E-state index in [1.807, 2.05) is 6.92 Å². The predicted octanol–water partition coefficient (Wildman–Crippen LogP) is -0.958. The molecular formula is C15H10Cl4NOZr. The normalized spacial score (nSPS) is 12.7. The first-order valence-corrected chi connectivity index (χ1v) is 7.86. The third kappa shape index (κ3) is 3.55. The molecule has 0 saturated heterocycles. The summed E-state index contributed by atoms with van der Waals surface area (Å²) in [6.07, 6.45) is 7.24. The van der Waals surface area contributed by atoms with Crippen molar-refractivity contribution in [2.45, 2.75) is 13.3 Å². The number of halogens is 4. The number of rotatable bonds is 2. The van der Waals surface area contributed by atoms with Gasteiger partial charge < -0.3 is 24.8 Å². The fourth-order valence-corrected chi connectivity index (χ4v) is 3.61. The molecule has 0 saturated carbocycles. The molecule has 0 aliphatic heterocycles. The van der Waals surface area contributed by atoms with Gasteiger partial charge in [0.05, 0.1) is 0 Å². The Morgan fingerprint density at radius 2 is 1.91 bits per heavy atom. The zero-order valence-corrected chi connectivity index (χ0v) is 16.9. The molecule has 22 heavy (non-hydrogen) atoms. The molecule has 2 nitrogen and oxygen atoms in total. The van der Waals surface area contributed by atoms with Gasteiger partial charge in [-0.1, -0.05) is 0 Å². The molecule has 2 aromatic rings. The number of fused-ring (bicyclic) bond motifs is 1. The van der Waals surface area contributed by atoms with Gasteiger partial charge in [-0.2, -0.15) is 0 Å². The van der Waals surface area contributed by atoms with Crippen LogP contribution in [0.5, 0.6) is 5.75 Å². The fourth-order valence-electron chi connectivity index (χ4n) is 2.40. The van der Waals surface area contributed by atoms with E-state index in [-0.39, 0.29) is 24.8 Å². The minimum Gasteiger partial charge on any atom is -1.00 e. The van der Waals surface area contributed by atoms with Gasteiger partial charge in [-0.15, -0.1) is 0 Å². The van der Waals surface area contributed by atoms with Gasteiger partial charge >= 0.3 is 143 Å². The molecule has 7 heteroatoms. The van der Waals surface area contributed by atoms with Crippen LogP contribution in [0, 0.1) is 6.92 Å². The molecule has 1 heterocycles. The van der Waals surface area contributed by atoms with Crippen LogP contribution in [-0.4, -0.2) is 4.98 Å². The quantitative estimate of drug-likeness (QED) is 0.585.